The fourth-order valence-corrected chi connectivity index (χ4v) is 2.89. The molecule has 0 unspecified atom stereocenters. The Bertz CT molecular complexity index is 657. The zero-order chi connectivity index (χ0) is 16.2. The van der Waals surface area contributed by atoms with E-state index in [0.717, 1.165) is 43.6 Å². The molecule has 23 heavy (non-hydrogen) atoms. The maximum Gasteiger partial charge on any atom is 0.316 e. The van der Waals surface area contributed by atoms with E-state index in [9.17, 15) is 4.39 Å². The van der Waals surface area contributed by atoms with Gasteiger partial charge in [-0.15, -0.1) is 0 Å². The maximum atomic E-state index is 13.1. The first-order valence-electron chi connectivity index (χ1n) is 7.72. The Kier molecular flexibility index (Phi) is 5.08. The Morgan fingerprint density at radius 2 is 1.96 bits per heavy atom. The molecule has 4 nitrogen and oxygen atoms in total. The first kappa shape index (κ1) is 16.1. The number of hydrogen-bond acceptors (Lipinski definition) is 4. The second-order valence-corrected chi connectivity index (χ2v) is 6.28. The highest BCUT2D eigenvalue weighted by Gasteiger charge is 2.21. The summed E-state index contributed by atoms with van der Waals surface area (Å²) in [5, 5.41) is 0.483. The average Bonchev–Trinajstić information content (AvgIpc) is 2.54. The van der Waals surface area contributed by atoms with Crippen molar-refractivity contribution in [1.29, 1.82) is 0 Å². The summed E-state index contributed by atoms with van der Waals surface area (Å²) in [5.41, 5.74) is 1.97. The van der Waals surface area contributed by atoms with Crippen molar-refractivity contribution in [1.82, 2.24) is 14.9 Å². The lowest BCUT2D eigenvalue weighted by atomic mass is 10.1. The molecule has 1 aromatic carbocycles. The summed E-state index contributed by atoms with van der Waals surface area (Å²) in [6, 6.07) is 5.00. The number of aryl methyl sites for hydroxylation is 1. The van der Waals surface area contributed by atoms with Crippen molar-refractivity contribution in [2.75, 3.05) is 13.1 Å². The number of nitrogens with zero attached hydrogens (tertiary/aromatic N) is 3. The van der Waals surface area contributed by atoms with Gasteiger partial charge in [0.25, 0.3) is 0 Å². The van der Waals surface area contributed by atoms with E-state index in [0.29, 0.717) is 11.0 Å². The monoisotopic (exact) mass is 335 g/mol. The van der Waals surface area contributed by atoms with E-state index in [2.05, 4.69) is 14.9 Å². The summed E-state index contributed by atoms with van der Waals surface area (Å²) in [4.78, 5) is 10.7. The van der Waals surface area contributed by atoms with Crippen molar-refractivity contribution in [2.24, 2.45) is 0 Å². The standard InChI is InChI=1S/C17H19ClFN3O/c1-12-9-20-17(21-10-12)23-15-4-6-22(7-5-15)11-13-2-3-14(19)8-16(13)18/h2-3,8-10,15H,4-7,11H2,1H3. The van der Waals surface area contributed by atoms with Crippen LogP contribution in [0.1, 0.15) is 24.0 Å². The zero-order valence-electron chi connectivity index (χ0n) is 13.0. The van der Waals surface area contributed by atoms with E-state index in [1.165, 1.54) is 12.1 Å². The molecular formula is C17H19ClFN3O. The average molecular weight is 336 g/mol. The molecule has 1 aliphatic heterocycles. The highest BCUT2D eigenvalue weighted by Crippen LogP contribution is 2.22. The van der Waals surface area contributed by atoms with Gasteiger partial charge < -0.3 is 4.74 Å². The van der Waals surface area contributed by atoms with Crippen LogP contribution in [0.15, 0.2) is 30.6 Å². The summed E-state index contributed by atoms with van der Waals surface area (Å²) in [6.07, 6.45) is 5.48. The molecule has 1 fully saturated rings. The smallest absolute Gasteiger partial charge is 0.316 e. The third-order valence-corrected chi connectivity index (χ3v) is 4.32. The molecule has 0 radical (unpaired) electrons. The predicted octanol–water partition coefficient (Wildman–Crippen LogP) is 3.62. The van der Waals surface area contributed by atoms with Gasteiger partial charge in [0.2, 0.25) is 0 Å². The molecule has 0 atom stereocenters. The number of likely N-dealkylation sites (tertiary alicyclic amines) is 1. The van der Waals surface area contributed by atoms with E-state index in [-0.39, 0.29) is 11.9 Å². The lowest BCUT2D eigenvalue weighted by molar-refractivity contribution is 0.0892. The topological polar surface area (TPSA) is 38.2 Å². The highest BCUT2D eigenvalue weighted by atomic mass is 35.5. The molecule has 2 aromatic rings. The van der Waals surface area contributed by atoms with Gasteiger partial charge >= 0.3 is 6.01 Å². The van der Waals surface area contributed by atoms with Gasteiger partial charge in [-0.3, -0.25) is 4.90 Å². The second-order valence-electron chi connectivity index (χ2n) is 5.87. The van der Waals surface area contributed by atoms with E-state index < -0.39 is 0 Å². The second kappa shape index (κ2) is 7.23. The molecule has 0 aliphatic carbocycles. The Morgan fingerprint density at radius 3 is 2.61 bits per heavy atom. The predicted molar refractivity (Wildman–Crippen MR) is 87.1 cm³/mol. The Labute approximate surface area is 140 Å². The van der Waals surface area contributed by atoms with Crippen LogP contribution in [0.25, 0.3) is 0 Å². The van der Waals surface area contributed by atoms with Gasteiger partial charge in [-0.25, -0.2) is 14.4 Å². The maximum absolute atomic E-state index is 13.1. The fraction of sp³-hybridized carbons (Fsp3) is 0.412. The highest BCUT2D eigenvalue weighted by molar-refractivity contribution is 6.31. The lowest BCUT2D eigenvalue weighted by Gasteiger charge is -2.31. The summed E-state index contributed by atoms with van der Waals surface area (Å²) >= 11 is 6.09. The normalized spacial score (nSPS) is 16.5. The van der Waals surface area contributed by atoms with Crippen LogP contribution in [-0.4, -0.2) is 34.1 Å². The molecule has 2 heterocycles. The van der Waals surface area contributed by atoms with Gasteiger partial charge in [0.15, 0.2) is 0 Å². The van der Waals surface area contributed by atoms with Gasteiger partial charge in [0.05, 0.1) is 0 Å². The van der Waals surface area contributed by atoms with Crippen molar-refractivity contribution in [2.45, 2.75) is 32.4 Å². The van der Waals surface area contributed by atoms with E-state index in [4.69, 9.17) is 16.3 Å². The molecule has 0 spiro atoms. The number of rotatable bonds is 4. The summed E-state index contributed by atoms with van der Waals surface area (Å²) in [5.74, 6) is -0.302. The molecule has 1 aliphatic rings. The minimum absolute atomic E-state index is 0.137. The number of piperidine rings is 1. The first-order valence-corrected chi connectivity index (χ1v) is 8.09. The number of halogens is 2. The molecule has 0 amide bonds. The molecule has 1 saturated heterocycles. The van der Waals surface area contributed by atoms with Crippen LogP contribution in [0.5, 0.6) is 6.01 Å². The van der Waals surface area contributed by atoms with Gasteiger partial charge in [-0.2, -0.15) is 0 Å². The molecule has 0 bridgehead atoms. The van der Waals surface area contributed by atoms with Crippen molar-refractivity contribution < 1.29 is 9.13 Å². The molecule has 3 rings (SSSR count). The summed E-state index contributed by atoms with van der Waals surface area (Å²) < 4.78 is 18.9. The van der Waals surface area contributed by atoms with Crippen LogP contribution < -0.4 is 4.74 Å². The Morgan fingerprint density at radius 1 is 1.26 bits per heavy atom. The van der Waals surface area contributed by atoms with Gasteiger partial charge in [0, 0.05) is 37.1 Å². The van der Waals surface area contributed by atoms with E-state index >= 15 is 0 Å². The van der Waals surface area contributed by atoms with Crippen LogP contribution in [0.3, 0.4) is 0 Å². The Hall–Kier alpha value is -1.72. The largest absolute Gasteiger partial charge is 0.460 e. The minimum atomic E-state index is -0.302. The number of benzene rings is 1. The Balaban J connectivity index is 1.51. The van der Waals surface area contributed by atoms with Crippen LogP contribution >= 0.6 is 11.6 Å². The quantitative estimate of drug-likeness (QED) is 0.855. The third kappa shape index (κ3) is 4.39. The van der Waals surface area contributed by atoms with E-state index in [1.807, 2.05) is 6.92 Å². The number of ether oxygens (including phenoxy) is 1. The molecule has 0 saturated carbocycles. The number of hydrogen-bond donors (Lipinski definition) is 0. The first-order chi connectivity index (χ1) is 11.1. The molecule has 6 heteroatoms. The van der Waals surface area contributed by atoms with Gasteiger partial charge in [0.1, 0.15) is 11.9 Å². The van der Waals surface area contributed by atoms with Gasteiger partial charge in [-0.05, 0) is 43.0 Å². The van der Waals surface area contributed by atoms with Gasteiger partial charge in [-0.1, -0.05) is 17.7 Å². The van der Waals surface area contributed by atoms with Crippen molar-refractivity contribution in [3.63, 3.8) is 0 Å². The molecule has 0 N–H and O–H groups in total. The molecule has 1 aromatic heterocycles. The van der Waals surface area contributed by atoms with Crippen LogP contribution in [-0.2, 0) is 6.54 Å². The molecular weight excluding hydrogens is 317 g/mol. The fourth-order valence-electron chi connectivity index (χ4n) is 2.67. The van der Waals surface area contributed by atoms with Crippen molar-refractivity contribution in [3.8, 4) is 6.01 Å². The van der Waals surface area contributed by atoms with Crippen LogP contribution in [0, 0.1) is 12.7 Å². The van der Waals surface area contributed by atoms with Crippen molar-refractivity contribution in [3.05, 3.63) is 52.6 Å². The van der Waals surface area contributed by atoms with Crippen LogP contribution in [0.4, 0.5) is 4.39 Å². The lowest BCUT2D eigenvalue weighted by Crippen LogP contribution is -2.38. The summed E-state index contributed by atoms with van der Waals surface area (Å²) in [6.45, 7) is 4.49. The third-order valence-electron chi connectivity index (χ3n) is 3.97. The molecule has 122 valence electrons. The van der Waals surface area contributed by atoms with Crippen molar-refractivity contribution >= 4 is 11.6 Å². The van der Waals surface area contributed by atoms with E-state index in [1.54, 1.807) is 18.5 Å². The van der Waals surface area contributed by atoms with Crippen LogP contribution in [0.2, 0.25) is 5.02 Å². The number of aromatic nitrogens is 2. The minimum Gasteiger partial charge on any atom is -0.460 e. The summed E-state index contributed by atoms with van der Waals surface area (Å²) in [7, 11) is 0. The zero-order valence-corrected chi connectivity index (χ0v) is 13.8. The SMILES string of the molecule is Cc1cnc(OC2CCN(Cc3ccc(F)cc3Cl)CC2)nc1.